The third-order valence-electron chi connectivity index (χ3n) is 4.05. The number of ether oxygens (including phenoxy) is 1. The quantitative estimate of drug-likeness (QED) is 0.474. The third-order valence-corrected chi connectivity index (χ3v) is 4.86. The summed E-state index contributed by atoms with van der Waals surface area (Å²) in [5.41, 5.74) is 1.57. The number of rotatable bonds is 4. The minimum absolute atomic E-state index is 0.00505. The lowest BCUT2D eigenvalue weighted by Gasteiger charge is -2.30. The fourth-order valence-corrected chi connectivity index (χ4v) is 3.48. The molecule has 0 saturated carbocycles. The van der Waals surface area contributed by atoms with Crippen LogP contribution >= 0.6 is 11.8 Å². The Balaban J connectivity index is 0.000000267. The number of alkyl carbamates (subject to hydrolysis) is 1. The van der Waals surface area contributed by atoms with Gasteiger partial charge in [-0.15, -0.1) is 0 Å². The summed E-state index contributed by atoms with van der Waals surface area (Å²) in [4.78, 5) is 46.1. The van der Waals surface area contributed by atoms with E-state index in [0.29, 0.717) is 11.2 Å². The minimum atomic E-state index is -0.565. The maximum absolute atomic E-state index is 11.6. The number of carbonyl (C=O) groups is 4. The van der Waals surface area contributed by atoms with Crippen molar-refractivity contribution < 1.29 is 23.9 Å². The summed E-state index contributed by atoms with van der Waals surface area (Å²) in [6.45, 7) is 9.07. The first-order chi connectivity index (χ1) is 14.7. The highest BCUT2D eigenvalue weighted by Crippen LogP contribution is 2.29. The normalized spacial score (nSPS) is 17.5. The molecule has 3 rings (SSSR count). The molecule has 168 valence electrons. The molecule has 2 aliphatic heterocycles. The van der Waals surface area contributed by atoms with Gasteiger partial charge in [-0.1, -0.05) is 18.2 Å². The van der Waals surface area contributed by atoms with Crippen LogP contribution in [0.2, 0.25) is 0 Å². The van der Waals surface area contributed by atoms with E-state index in [1.54, 1.807) is 26.8 Å². The third kappa shape index (κ3) is 8.42. The van der Waals surface area contributed by atoms with Crippen molar-refractivity contribution >= 4 is 47.1 Å². The molecule has 0 radical (unpaired) electrons. The predicted molar refractivity (Wildman–Crippen MR) is 121 cm³/mol. The van der Waals surface area contributed by atoms with E-state index in [0.717, 1.165) is 49.2 Å². The molecule has 0 spiro atoms. The zero-order valence-corrected chi connectivity index (χ0v) is 18.7. The lowest BCUT2D eigenvalue weighted by Crippen LogP contribution is -2.43. The zero-order valence-electron chi connectivity index (χ0n) is 17.9. The highest BCUT2D eigenvalue weighted by molar-refractivity contribution is 8.18. The molecule has 2 fully saturated rings. The SMILES string of the molecule is CC(C)(C)OC(=O)NCC=O.O=C1NC(=O)/C(=C/c2ccccc2N2CCNCC2)S1. The number of anilines is 1. The molecule has 0 atom stereocenters. The van der Waals surface area contributed by atoms with Crippen LogP contribution in [0.25, 0.3) is 6.08 Å². The maximum atomic E-state index is 11.6. The summed E-state index contributed by atoms with van der Waals surface area (Å²) in [5.74, 6) is -0.310. The van der Waals surface area contributed by atoms with E-state index in [1.807, 2.05) is 18.2 Å². The van der Waals surface area contributed by atoms with Gasteiger partial charge in [0.25, 0.3) is 11.1 Å². The van der Waals surface area contributed by atoms with Crippen molar-refractivity contribution in [2.45, 2.75) is 26.4 Å². The molecule has 0 aromatic heterocycles. The fraction of sp³-hybridized carbons (Fsp3) is 0.429. The van der Waals surface area contributed by atoms with Crippen LogP contribution in [-0.4, -0.2) is 61.9 Å². The lowest BCUT2D eigenvalue weighted by atomic mass is 10.1. The number of hydrogen-bond donors (Lipinski definition) is 3. The van der Waals surface area contributed by atoms with E-state index in [2.05, 4.69) is 26.9 Å². The molecule has 0 unspecified atom stereocenters. The number of nitrogens with zero attached hydrogens (tertiary/aromatic N) is 1. The molecule has 10 heteroatoms. The van der Waals surface area contributed by atoms with Gasteiger partial charge in [0.05, 0.1) is 11.4 Å². The summed E-state index contributed by atoms with van der Waals surface area (Å²) in [5, 5.41) is 7.55. The second-order valence-corrected chi connectivity index (χ2v) is 8.71. The van der Waals surface area contributed by atoms with Gasteiger partial charge in [0.2, 0.25) is 0 Å². The van der Waals surface area contributed by atoms with Crippen LogP contribution in [0.4, 0.5) is 15.3 Å². The molecule has 1 aromatic rings. The van der Waals surface area contributed by atoms with E-state index >= 15 is 0 Å². The second-order valence-electron chi connectivity index (χ2n) is 7.70. The minimum Gasteiger partial charge on any atom is -0.444 e. The summed E-state index contributed by atoms with van der Waals surface area (Å²) in [6, 6.07) is 7.96. The molecule has 31 heavy (non-hydrogen) atoms. The van der Waals surface area contributed by atoms with Crippen molar-refractivity contribution in [3.63, 3.8) is 0 Å². The highest BCUT2D eigenvalue weighted by Gasteiger charge is 2.25. The number of aldehydes is 1. The number of carbonyl (C=O) groups excluding carboxylic acids is 4. The monoisotopic (exact) mass is 448 g/mol. The Morgan fingerprint density at radius 1 is 1.23 bits per heavy atom. The van der Waals surface area contributed by atoms with E-state index < -0.39 is 11.7 Å². The van der Waals surface area contributed by atoms with Gasteiger partial charge in [-0.2, -0.15) is 0 Å². The highest BCUT2D eigenvalue weighted by atomic mass is 32.2. The standard InChI is InChI=1S/C14H15N3O2S.C7H13NO3/c18-13-12(20-14(19)16-13)9-10-3-1-2-4-11(10)17-7-5-15-6-8-17;1-7(2,3)11-6(10)8-4-5-9/h1-4,9,15H,5-8H2,(H,16,18,19);5H,4H2,1-3H3,(H,8,10)/b12-9-;. The maximum Gasteiger partial charge on any atom is 0.408 e. The largest absolute Gasteiger partial charge is 0.444 e. The Kier molecular flexibility index (Phi) is 9.07. The first kappa shape index (κ1) is 24.4. The lowest BCUT2D eigenvalue weighted by molar-refractivity contribution is -0.115. The molecule has 0 aliphatic carbocycles. The number of benzene rings is 1. The van der Waals surface area contributed by atoms with Gasteiger partial charge in [-0.3, -0.25) is 14.9 Å². The Bertz CT molecular complexity index is 844. The summed E-state index contributed by atoms with van der Waals surface area (Å²) >= 11 is 0.955. The summed E-state index contributed by atoms with van der Waals surface area (Å²) in [6.07, 6.45) is 1.83. The molecule has 0 bridgehead atoms. The number of thioether (sulfide) groups is 1. The van der Waals surface area contributed by atoms with Crippen LogP contribution in [0.1, 0.15) is 26.3 Å². The smallest absolute Gasteiger partial charge is 0.408 e. The molecular formula is C21H28N4O5S. The van der Waals surface area contributed by atoms with Gasteiger partial charge < -0.3 is 25.1 Å². The second kappa shape index (κ2) is 11.5. The van der Waals surface area contributed by atoms with Crippen LogP contribution in [0, 0.1) is 0 Å². The molecule has 2 aliphatic rings. The van der Waals surface area contributed by atoms with Crippen molar-refractivity contribution in [1.82, 2.24) is 16.0 Å². The van der Waals surface area contributed by atoms with Gasteiger partial charge in [0, 0.05) is 31.9 Å². The molecule has 3 N–H and O–H groups in total. The van der Waals surface area contributed by atoms with Gasteiger partial charge in [0.15, 0.2) is 0 Å². The Hall–Kier alpha value is -2.85. The van der Waals surface area contributed by atoms with E-state index in [-0.39, 0.29) is 17.7 Å². The Morgan fingerprint density at radius 3 is 2.48 bits per heavy atom. The number of para-hydroxylation sites is 1. The van der Waals surface area contributed by atoms with Crippen LogP contribution in [-0.2, 0) is 14.3 Å². The average Bonchev–Trinajstić information content (AvgIpc) is 3.03. The zero-order chi connectivity index (χ0) is 22.9. The average molecular weight is 449 g/mol. The van der Waals surface area contributed by atoms with Gasteiger partial charge in [-0.25, -0.2) is 4.79 Å². The van der Waals surface area contributed by atoms with Crippen molar-refractivity contribution in [1.29, 1.82) is 0 Å². The van der Waals surface area contributed by atoms with Crippen LogP contribution < -0.4 is 20.9 Å². The summed E-state index contributed by atoms with van der Waals surface area (Å²) < 4.78 is 4.83. The number of hydrogen-bond acceptors (Lipinski definition) is 8. The summed E-state index contributed by atoms with van der Waals surface area (Å²) in [7, 11) is 0. The van der Waals surface area contributed by atoms with Crippen molar-refractivity contribution in [2.24, 2.45) is 0 Å². The van der Waals surface area contributed by atoms with E-state index in [1.165, 1.54) is 0 Å². The predicted octanol–water partition coefficient (Wildman–Crippen LogP) is 2.13. The van der Waals surface area contributed by atoms with Gasteiger partial charge in [0.1, 0.15) is 11.9 Å². The number of amides is 3. The topological polar surface area (TPSA) is 117 Å². The van der Waals surface area contributed by atoms with Crippen molar-refractivity contribution in [3.8, 4) is 0 Å². The molecule has 2 saturated heterocycles. The number of nitrogens with one attached hydrogen (secondary N) is 3. The van der Waals surface area contributed by atoms with E-state index in [4.69, 9.17) is 4.74 Å². The van der Waals surface area contributed by atoms with Crippen LogP contribution in [0.15, 0.2) is 29.2 Å². The first-order valence-corrected chi connectivity index (χ1v) is 10.7. The Labute approximate surface area is 186 Å². The van der Waals surface area contributed by atoms with Crippen molar-refractivity contribution in [2.75, 3.05) is 37.6 Å². The molecule has 1 aromatic carbocycles. The van der Waals surface area contributed by atoms with Crippen LogP contribution in [0.3, 0.4) is 0 Å². The number of imide groups is 1. The fourth-order valence-electron chi connectivity index (χ4n) is 2.80. The van der Waals surface area contributed by atoms with Gasteiger partial charge >= 0.3 is 6.09 Å². The first-order valence-electron chi connectivity index (χ1n) is 9.89. The van der Waals surface area contributed by atoms with E-state index in [9.17, 15) is 19.2 Å². The van der Waals surface area contributed by atoms with Crippen LogP contribution in [0.5, 0.6) is 0 Å². The Morgan fingerprint density at radius 2 is 1.90 bits per heavy atom. The molecule has 9 nitrogen and oxygen atoms in total. The number of piperazine rings is 1. The molecular weight excluding hydrogens is 420 g/mol. The van der Waals surface area contributed by atoms with Gasteiger partial charge in [-0.05, 0) is 50.2 Å². The molecule has 3 amide bonds. The molecule has 2 heterocycles. The van der Waals surface area contributed by atoms with Crippen molar-refractivity contribution in [3.05, 3.63) is 34.7 Å².